The van der Waals surface area contributed by atoms with Gasteiger partial charge >= 0.3 is 0 Å². The van der Waals surface area contributed by atoms with Crippen molar-refractivity contribution >= 4 is 0 Å². The predicted octanol–water partition coefficient (Wildman–Crippen LogP) is 2.23. The van der Waals surface area contributed by atoms with E-state index in [-0.39, 0.29) is 0 Å². The molecule has 0 aliphatic rings. The van der Waals surface area contributed by atoms with Crippen LogP contribution < -0.4 is 5.32 Å². The quantitative estimate of drug-likeness (QED) is 0.754. The molecule has 3 nitrogen and oxygen atoms in total. The van der Waals surface area contributed by atoms with Crippen LogP contribution in [0.3, 0.4) is 0 Å². The average Bonchev–Trinajstić information content (AvgIpc) is 2.45. The highest BCUT2D eigenvalue weighted by atomic mass is 15.3. The molecular weight excluding hydrogens is 186 g/mol. The molecule has 0 fully saturated rings. The number of hydrogen-bond acceptors (Lipinski definition) is 2. The zero-order valence-electron chi connectivity index (χ0n) is 10.6. The Hall–Kier alpha value is -0.830. The first-order valence-electron chi connectivity index (χ1n) is 5.83. The van der Waals surface area contributed by atoms with Crippen molar-refractivity contribution < 1.29 is 0 Å². The molecule has 1 heterocycles. The van der Waals surface area contributed by atoms with Gasteiger partial charge < -0.3 is 5.32 Å². The smallest absolute Gasteiger partial charge is 0.0629 e. The normalized spacial score (nSPS) is 11.3. The van der Waals surface area contributed by atoms with Gasteiger partial charge in [-0.15, -0.1) is 0 Å². The molecule has 0 amide bonds. The molecule has 1 aromatic rings. The van der Waals surface area contributed by atoms with Gasteiger partial charge in [0.1, 0.15) is 0 Å². The maximum Gasteiger partial charge on any atom is 0.0629 e. The number of aromatic nitrogens is 2. The van der Waals surface area contributed by atoms with Gasteiger partial charge in [-0.2, -0.15) is 5.10 Å². The highest BCUT2D eigenvalue weighted by Gasteiger charge is 2.12. The van der Waals surface area contributed by atoms with Gasteiger partial charge in [0.05, 0.1) is 5.69 Å². The minimum absolute atomic E-state index is 0.455. The monoisotopic (exact) mass is 209 g/mol. The maximum absolute atomic E-state index is 4.58. The van der Waals surface area contributed by atoms with Gasteiger partial charge in [-0.05, 0) is 52.8 Å². The van der Waals surface area contributed by atoms with E-state index in [9.17, 15) is 0 Å². The Morgan fingerprint density at radius 2 is 2.00 bits per heavy atom. The topological polar surface area (TPSA) is 29.9 Å². The third kappa shape index (κ3) is 2.81. The highest BCUT2D eigenvalue weighted by molar-refractivity contribution is 5.25. The fourth-order valence-corrected chi connectivity index (χ4v) is 1.95. The van der Waals surface area contributed by atoms with Crippen LogP contribution in [0, 0.1) is 13.8 Å². The second kappa shape index (κ2) is 5.31. The molecule has 0 unspecified atom stereocenters. The van der Waals surface area contributed by atoms with E-state index in [4.69, 9.17) is 0 Å². The van der Waals surface area contributed by atoms with Crippen LogP contribution in [-0.2, 0) is 6.42 Å². The Bertz CT molecular complexity index is 313. The summed E-state index contributed by atoms with van der Waals surface area (Å²) in [7, 11) is 0. The second-order valence-corrected chi connectivity index (χ2v) is 4.29. The summed E-state index contributed by atoms with van der Waals surface area (Å²) in [6.07, 6.45) is 1.08. The van der Waals surface area contributed by atoms with Gasteiger partial charge in [0.2, 0.25) is 0 Å². The number of nitrogens with one attached hydrogen (secondary N) is 1. The molecule has 0 saturated carbocycles. The van der Waals surface area contributed by atoms with E-state index in [1.807, 2.05) is 0 Å². The molecule has 1 rings (SSSR count). The zero-order chi connectivity index (χ0) is 11.4. The lowest BCUT2D eigenvalue weighted by Crippen LogP contribution is -2.16. The molecule has 15 heavy (non-hydrogen) atoms. The van der Waals surface area contributed by atoms with Crippen molar-refractivity contribution in [2.45, 2.75) is 47.1 Å². The molecule has 0 radical (unpaired) electrons. The molecule has 0 atom stereocenters. The van der Waals surface area contributed by atoms with E-state index in [0.717, 1.165) is 19.5 Å². The Morgan fingerprint density at radius 3 is 2.47 bits per heavy atom. The molecule has 0 saturated heterocycles. The lowest BCUT2D eigenvalue weighted by molar-refractivity contribution is 0.515. The van der Waals surface area contributed by atoms with Crippen LogP contribution in [-0.4, -0.2) is 22.9 Å². The summed E-state index contributed by atoms with van der Waals surface area (Å²) in [5, 5.41) is 7.93. The van der Waals surface area contributed by atoms with Crippen molar-refractivity contribution in [3.8, 4) is 0 Å². The molecule has 3 heteroatoms. The first-order chi connectivity index (χ1) is 7.07. The molecule has 0 aliphatic carbocycles. The number of aryl methyl sites for hydroxylation is 1. The predicted molar refractivity (Wildman–Crippen MR) is 64.3 cm³/mol. The first kappa shape index (κ1) is 12.2. The van der Waals surface area contributed by atoms with Crippen LogP contribution in [0.25, 0.3) is 0 Å². The summed E-state index contributed by atoms with van der Waals surface area (Å²) >= 11 is 0. The van der Waals surface area contributed by atoms with Crippen molar-refractivity contribution in [1.29, 1.82) is 0 Å². The van der Waals surface area contributed by atoms with E-state index < -0.39 is 0 Å². The molecule has 86 valence electrons. The van der Waals surface area contributed by atoms with Gasteiger partial charge in [-0.1, -0.05) is 6.92 Å². The van der Waals surface area contributed by atoms with Crippen molar-refractivity contribution in [3.05, 3.63) is 17.0 Å². The molecule has 0 aromatic carbocycles. The highest BCUT2D eigenvalue weighted by Crippen LogP contribution is 2.17. The van der Waals surface area contributed by atoms with Crippen LogP contribution >= 0.6 is 0 Å². The van der Waals surface area contributed by atoms with Crippen LogP contribution in [0.4, 0.5) is 0 Å². The van der Waals surface area contributed by atoms with Crippen molar-refractivity contribution in [1.82, 2.24) is 15.1 Å². The van der Waals surface area contributed by atoms with Crippen molar-refractivity contribution in [3.63, 3.8) is 0 Å². The molecule has 1 aromatic heterocycles. The zero-order valence-corrected chi connectivity index (χ0v) is 10.6. The third-order valence-corrected chi connectivity index (χ3v) is 2.77. The summed E-state index contributed by atoms with van der Waals surface area (Å²) in [4.78, 5) is 0. The Morgan fingerprint density at radius 1 is 1.33 bits per heavy atom. The standard InChI is InChI=1S/C12H23N3/c1-6-13-8-7-12-10(4)14-15(9(2)3)11(12)5/h9,13H,6-8H2,1-5H3. The summed E-state index contributed by atoms with van der Waals surface area (Å²) < 4.78 is 2.12. The fourth-order valence-electron chi connectivity index (χ4n) is 1.95. The molecule has 0 bridgehead atoms. The maximum atomic E-state index is 4.58. The summed E-state index contributed by atoms with van der Waals surface area (Å²) in [6.45, 7) is 12.8. The lowest BCUT2D eigenvalue weighted by Gasteiger charge is -2.08. The Balaban J connectivity index is 2.79. The van der Waals surface area contributed by atoms with E-state index in [0.29, 0.717) is 6.04 Å². The van der Waals surface area contributed by atoms with Gasteiger partial charge in [0, 0.05) is 11.7 Å². The van der Waals surface area contributed by atoms with E-state index in [1.54, 1.807) is 0 Å². The van der Waals surface area contributed by atoms with E-state index in [2.05, 4.69) is 49.7 Å². The van der Waals surface area contributed by atoms with Gasteiger partial charge in [0.25, 0.3) is 0 Å². The summed E-state index contributed by atoms with van der Waals surface area (Å²) in [5.74, 6) is 0. The summed E-state index contributed by atoms with van der Waals surface area (Å²) in [6, 6.07) is 0.455. The molecule has 1 N–H and O–H groups in total. The number of hydrogen-bond donors (Lipinski definition) is 1. The second-order valence-electron chi connectivity index (χ2n) is 4.29. The Kier molecular flexibility index (Phi) is 4.33. The SMILES string of the molecule is CCNCCc1c(C)nn(C(C)C)c1C. The average molecular weight is 209 g/mol. The van der Waals surface area contributed by atoms with E-state index in [1.165, 1.54) is 17.0 Å². The number of likely N-dealkylation sites (N-methyl/N-ethyl adjacent to an activating group) is 1. The van der Waals surface area contributed by atoms with Crippen LogP contribution in [0.5, 0.6) is 0 Å². The molecular formula is C12H23N3. The minimum Gasteiger partial charge on any atom is -0.317 e. The lowest BCUT2D eigenvalue weighted by atomic mass is 10.1. The van der Waals surface area contributed by atoms with Crippen LogP contribution in [0.1, 0.15) is 43.8 Å². The van der Waals surface area contributed by atoms with Crippen molar-refractivity contribution in [2.24, 2.45) is 0 Å². The third-order valence-electron chi connectivity index (χ3n) is 2.77. The summed E-state index contributed by atoms with van der Waals surface area (Å²) in [5.41, 5.74) is 3.91. The molecule has 0 aliphatic heterocycles. The van der Waals surface area contributed by atoms with Gasteiger partial charge in [-0.3, -0.25) is 4.68 Å². The van der Waals surface area contributed by atoms with Gasteiger partial charge in [0.15, 0.2) is 0 Å². The first-order valence-corrected chi connectivity index (χ1v) is 5.83. The number of nitrogens with zero attached hydrogens (tertiary/aromatic N) is 2. The minimum atomic E-state index is 0.455. The Labute approximate surface area is 92.9 Å². The van der Waals surface area contributed by atoms with Crippen LogP contribution in [0.15, 0.2) is 0 Å². The van der Waals surface area contributed by atoms with Gasteiger partial charge in [-0.25, -0.2) is 0 Å². The van der Waals surface area contributed by atoms with Crippen molar-refractivity contribution in [2.75, 3.05) is 13.1 Å². The number of rotatable bonds is 5. The molecule has 0 spiro atoms. The fraction of sp³-hybridized carbons (Fsp3) is 0.750. The van der Waals surface area contributed by atoms with E-state index >= 15 is 0 Å². The van der Waals surface area contributed by atoms with Crippen LogP contribution in [0.2, 0.25) is 0 Å². The largest absolute Gasteiger partial charge is 0.317 e.